The third kappa shape index (κ3) is 9.70. The highest BCUT2D eigenvalue weighted by molar-refractivity contribution is 5.90. The Labute approximate surface area is 465 Å². The van der Waals surface area contributed by atoms with E-state index in [0.29, 0.717) is 53.0 Å². The molecule has 11 nitrogen and oxygen atoms in total. The van der Waals surface area contributed by atoms with Gasteiger partial charge in [-0.3, -0.25) is 4.79 Å². The Balaban J connectivity index is 0.986. The Kier molecular flexibility index (Phi) is 15.6. The van der Waals surface area contributed by atoms with Gasteiger partial charge in [-0.1, -0.05) is 105 Å². The molecule has 5 aromatic rings. The molecule has 11 unspecified atom stereocenters. The van der Waals surface area contributed by atoms with E-state index in [4.69, 9.17) is 23.4 Å². The summed E-state index contributed by atoms with van der Waals surface area (Å²) in [5.41, 5.74) is 7.94. The zero-order chi connectivity index (χ0) is 54.4. The molecule has 1 spiro atoms. The Morgan fingerprint density at radius 3 is 2.42 bits per heavy atom. The maximum Gasteiger partial charge on any atom is 0.340 e. The number of aliphatic hydroxyl groups excluding tert-OH is 3. The van der Waals surface area contributed by atoms with Crippen molar-refractivity contribution in [3.05, 3.63) is 157 Å². The van der Waals surface area contributed by atoms with E-state index in [9.17, 15) is 20.1 Å². The molecule has 2 bridgehead atoms. The van der Waals surface area contributed by atoms with Gasteiger partial charge in [0.05, 0.1) is 25.4 Å². The van der Waals surface area contributed by atoms with E-state index in [-0.39, 0.29) is 84.4 Å². The highest BCUT2D eigenvalue weighted by Gasteiger charge is 2.62. The second-order valence-electron chi connectivity index (χ2n) is 24.8. The fraction of sp³-hybridized carbons (Fsp3) is 0.544. The van der Waals surface area contributed by atoms with Crippen LogP contribution in [0, 0.1) is 23.7 Å². The molecule has 4 aromatic carbocycles. The van der Waals surface area contributed by atoms with Crippen molar-refractivity contribution >= 4 is 22.9 Å². The summed E-state index contributed by atoms with van der Waals surface area (Å²) in [7, 11) is 1.53. The van der Waals surface area contributed by atoms with Crippen molar-refractivity contribution in [2.45, 2.75) is 183 Å². The van der Waals surface area contributed by atoms with Crippen LogP contribution in [-0.2, 0) is 48.7 Å². The molecule has 3 N–H and O–H groups in total. The van der Waals surface area contributed by atoms with E-state index in [1.54, 1.807) is 13.0 Å². The third-order valence-electron chi connectivity index (χ3n) is 20.8. The molecule has 418 valence electrons. The summed E-state index contributed by atoms with van der Waals surface area (Å²) in [5, 5.41) is 32.4. The zero-order valence-corrected chi connectivity index (χ0v) is 46.4. The van der Waals surface area contributed by atoms with Gasteiger partial charge in [-0.15, -0.1) is 0 Å². The van der Waals surface area contributed by atoms with Crippen molar-refractivity contribution in [1.82, 2.24) is 0 Å². The van der Waals surface area contributed by atoms with Gasteiger partial charge in [0.2, 0.25) is 0 Å². The lowest BCUT2D eigenvalue weighted by Crippen LogP contribution is -2.63. The Hall–Kier alpha value is -5.59. The molecule has 5 aliphatic carbocycles. The predicted octanol–water partition coefficient (Wildman–Crippen LogP) is 12.5. The molecule has 3 aliphatic heterocycles. The van der Waals surface area contributed by atoms with Gasteiger partial charge in [0, 0.05) is 53.9 Å². The van der Waals surface area contributed by atoms with Gasteiger partial charge in [0.1, 0.15) is 11.3 Å². The van der Waals surface area contributed by atoms with Crippen LogP contribution in [0.2, 0.25) is 0 Å². The summed E-state index contributed by atoms with van der Waals surface area (Å²) in [6.07, 6.45) is 14.9. The number of ether oxygens (including phenoxy) is 4. The van der Waals surface area contributed by atoms with E-state index in [0.717, 1.165) is 76.2 Å². The molecule has 13 rings (SSSR count). The number of aliphatic hydroxyl groups is 3. The number of carbonyl (C=O) groups excluding carboxylic acids is 2. The second-order valence-corrected chi connectivity index (χ2v) is 24.8. The van der Waals surface area contributed by atoms with Gasteiger partial charge in [-0.05, 0) is 183 Å². The van der Waals surface area contributed by atoms with Crippen LogP contribution in [0.25, 0.3) is 11.0 Å². The minimum absolute atomic E-state index is 0.0115. The Morgan fingerprint density at radius 1 is 0.772 bits per heavy atom. The number of rotatable bonds is 9. The fourth-order valence-corrected chi connectivity index (χ4v) is 17.1. The summed E-state index contributed by atoms with van der Waals surface area (Å²) >= 11 is 0. The van der Waals surface area contributed by atoms with Crippen LogP contribution in [0.3, 0.4) is 0 Å². The van der Waals surface area contributed by atoms with Crippen molar-refractivity contribution in [2.24, 2.45) is 23.7 Å². The molecule has 0 radical (unpaired) electrons. The number of esters is 2. The first-order valence-electron chi connectivity index (χ1n) is 30.1. The smallest absolute Gasteiger partial charge is 0.340 e. The average molecular weight is 1070 g/mol. The molecule has 1 aromatic heterocycles. The number of aryl methyl sites for hydroxylation is 2. The Morgan fingerprint density at radius 2 is 1.59 bits per heavy atom. The van der Waals surface area contributed by atoms with Gasteiger partial charge in [-0.2, -0.15) is 0 Å². The summed E-state index contributed by atoms with van der Waals surface area (Å²) in [6, 6.07) is 31.0. The first-order valence-corrected chi connectivity index (χ1v) is 30.1. The topological polar surface area (TPSA) is 162 Å². The Bertz CT molecular complexity index is 3150. The maximum atomic E-state index is 15.7. The lowest BCUT2D eigenvalue weighted by Gasteiger charge is -2.56. The van der Waals surface area contributed by atoms with Crippen molar-refractivity contribution in [3.63, 3.8) is 0 Å². The largest absolute Gasteiger partial charge is 0.482 e. The number of fused-ring (bicyclic) bond motifs is 16. The average Bonchev–Trinajstić information content (AvgIpc) is 3.51. The molecule has 0 amide bonds. The number of carbonyl (C=O) groups is 2. The molecule has 79 heavy (non-hydrogen) atoms. The quantitative estimate of drug-likeness (QED) is 0.0732. The molecule has 11 atom stereocenters. The lowest BCUT2D eigenvalue weighted by atomic mass is 9.54. The van der Waals surface area contributed by atoms with Crippen LogP contribution >= 0.6 is 0 Å². The second kappa shape index (κ2) is 22.7. The van der Waals surface area contributed by atoms with Crippen LogP contribution in [0.5, 0.6) is 5.75 Å². The maximum absolute atomic E-state index is 15.7. The highest BCUT2D eigenvalue weighted by Crippen LogP contribution is 2.59. The zero-order valence-electron chi connectivity index (χ0n) is 46.4. The molecule has 0 saturated heterocycles. The fourth-order valence-electron chi connectivity index (χ4n) is 17.1. The molecule has 4 fully saturated rings. The van der Waals surface area contributed by atoms with E-state index in [2.05, 4.69) is 72.8 Å². The summed E-state index contributed by atoms with van der Waals surface area (Å²) in [5.74, 6) is -0.202. The van der Waals surface area contributed by atoms with E-state index >= 15 is 9.59 Å². The molecule has 4 saturated carbocycles. The molecular formula is C68H80O11. The van der Waals surface area contributed by atoms with Crippen LogP contribution in [0.1, 0.15) is 196 Å². The van der Waals surface area contributed by atoms with E-state index in [1.807, 2.05) is 6.07 Å². The van der Waals surface area contributed by atoms with Gasteiger partial charge < -0.3 is 38.7 Å². The van der Waals surface area contributed by atoms with Gasteiger partial charge in [0.25, 0.3) is 0 Å². The standard InChI is InChI=1S/C68H80O11/c1-41(38-70)52-27-21-42-19-22-43(23-20-42)53-28-25-47(46-13-9-16-51(36-46)67-32-8-7-15-50(67)26-24-45-12-3-5-17-56(45)67)35-49(53)37-59(72)76-63-61-58(79-68(64(63)78-65(52)73)33-10-14-44-11-4-6-18-57(44)68)30-29-54-55(39-71)60(66(74)77-62(54)61)48(31-34-69)40-75-2/h3,5,9,12-13,16-17,19-20,22-23,29-30,36,44,47-50,53,57,63-64,69-71H,4,6-8,10-11,14-15,18,21,24-28,31-35,37-40H2,1-2H3. The predicted molar refractivity (Wildman–Crippen MR) is 302 cm³/mol. The number of methoxy groups -OCH3 is 1. The summed E-state index contributed by atoms with van der Waals surface area (Å²) in [6.45, 7) is 0.794. The van der Waals surface area contributed by atoms with Crippen molar-refractivity contribution < 1.29 is 48.3 Å². The number of benzene rings is 4. The van der Waals surface area contributed by atoms with Crippen LogP contribution < -0.4 is 10.4 Å². The highest BCUT2D eigenvalue weighted by atomic mass is 16.6. The van der Waals surface area contributed by atoms with E-state index < -0.39 is 47.9 Å². The summed E-state index contributed by atoms with van der Waals surface area (Å²) < 4.78 is 33.5. The SMILES string of the molecule is COCC(CCO)c1c(CO)c2ccc3c(c2oc1=O)C1OC(=O)CC2CC(c4cccc(C56CCCCC5CCc5ccccc56)c4)CCC2c2ccc(cc2)CCC(=C(C)CO)C(=O)OC1C1(CCCC2CCCCC21)O3. The molecular weight excluding hydrogens is 993 g/mol. The number of hydrogen-bond acceptors (Lipinski definition) is 11. The normalized spacial score (nSPS) is 30.8. The molecule has 11 heteroatoms. The minimum Gasteiger partial charge on any atom is -0.482 e. The van der Waals surface area contributed by atoms with Crippen LogP contribution in [0.15, 0.2) is 105 Å². The molecule has 8 aliphatic rings. The van der Waals surface area contributed by atoms with Crippen molar-refractivity contribution in [2.75, 3.05) is 26.9 Å². The monoisotopic (exact) mass is 1070 g/mol. The lowest BCUT2D eigenvalue weighted by molar-refractivity contribution is -0.217. The third-order valence-corrected chi connectivity index (χ3v) is 20.8. The van der Waals surface area contributed by atoms with Crippen molar-refractivity contribution in [1.29, 1.82) is 0 Å². The number of hydrogen-bond donors (Lipinski definition) is 3. The van der Waals surface area contributed by atoms with Crippen LogP contribution in [-0.4, -0.2) is 65.9 Å². The first kappa shape index (κ1) is 54.0. The van der Waals surface area contributed by atoms with Gasteiger partial charge in [0.15, 0.2) is 17.8 Å². The van der Waals surface area contributed by atoms with Crippen molar-refractivity contribution in [3.8, 4) is 5.75 Å². The minimum atomic E-state index is -1.27. The van der Waals surface area contributed by atoms with Gasteiger partial charge in [-0.25, -0.2) is 9.59 Å². The van der Waals surface area contributed by atoms with E-state index in [1.165, 1.54) is 60.6 Å². The van der Waals surface area contributed by atoms with Gasteiger partial charge >= 0.3 is 17.6 Å². The summed E-state index contributed by atoms with van der Waals surface area (Å²) in [4.78, 5) is 45.5. The van der Waals surface area contributed by atoms with Crippen LogP contribution in [0.4, 0.5) is 0 Å². The molecule has 4 heterocycles. The first-order chi connectivity index (χ1) is 38.6.